The van der Waals surface area contributed by atoms with Gasteiger partial charge in [-0.05, 0) is 80.5 Å². The molecular formula is C19H18I2N4OS. The number of halogens is 2. The van der Waals surface area contributed by atoms with Crippen molar-refractivity contribution in [2.24, 2.45) is 5.10 Å². The van der Waals surface area contributed by atoms with Crippen LogP contribution in [0.2, 0.25) is 0 Å². The molecule has 0 unspecified atom stereocenters. The highest BCUT2D eigenvalue weighted by atomic mass is 127. The van der Waals surface area contributed by atoms with Crippen LogP contribution in [0.3, 0.4) is 0 Å². The molecule has 0 fully saturated rings. The minimum absolute atomic E-state index is 0.0839. The molecule has 0 saturated carbocycles. The Balaban J connectivity index is 2.00. The molecule has 0 atom stereocenters. The molecule has 2 N–H and O–H groups in total. The quantitative estimate of drug-likeness (QED) is 0.229. The van der Waals surface area contributed by atoms with Gasteiger partial charge >= 0.3 is 0 Å². The molecule has 0 saturated heterocycles. The number of rotatable bonds is 3. The second-order valence-corrected chi connectivity index (χ2v) is 9.86. The van der Waals surface area contributed by atoms with Crippen molar-refractivity contribution in [1.82, 2.24) is 14.9 Å². The van der Waals surface area contributed by atoms with Gasteiger partial charge in [0, 0.05) is 14.7 Å². The number of phenols is 1. The van der Waals surface area contributed by atoms with Crippen molar-refractivity contribution in [3.05, 3.63) is 59.4 Å². The topological polar surface area (TPSA) is 66.2 Å². The van der Waals surface area contributed by atoms with Crippen LogP contribution in [0, 0.1) is 11.9 Å². The second-order valence-electron chi connectivity index (χ2n) is 7.06. The van der Waals surface area contributed by atoms with Crippen molar-refractivity contribution in [3.63, 3.8) is 0 Å². The van der Waals surface area contributed by atoms with E-state index in [9.17, 15) is 5.11 Å². The molecule has 0 radical (unpaired) electrons. The first-order valence-corrected chi connectivity index (χ1v) is 10.7. The molecule has 27 heavy (non-hydrogen) atoms. The summed E-state index contributed by atoms with van der Waals surface area (Å²) < 4.78 is 3.74. The summed E-state index contributed by atoms with van der Waals surface area (Å²) in [5, 5.41) is 21.8. The molecule has 3 rings (SSSR count). The Labute approximate surface area is 190 Å². The number of benzene rings is 2. The van der Waals surface area contributed by atoms with E-state index in [1.807, 2.05) is 24.3 Å². The fourth-order valence-corrected chi connectivity index (χ4v) is 4.58. The lowest BCUT2D eigenvalue weighted by atomic mass is 9.87. The predicted molar refractivity (Wildman–Crippen MR) is 128 cm³/mol. The monoisotopic (exact) mass is 604 g/mol. The van der Waals surface area contributed by atoms with Crippen LogP contribution >= 0.6 is 57.4 Å². The van der Waals surface area contributed by atoms with Gasteiger partial charge in [0.15, 0.2) is 5.82 Å². The summed E-state index contributed by atoms with van der Waals surface area (Å²) >= 11 is 9.63. The maximum atomic E-state index is 10.3. The molecule has 0 amide bonds. The van der Waals surface area contributed by atoms with Gasteiger partial charge in [-0.1, -0.05) is 45.0 Å². The van der Waals surface area contributed by atoms with Crippen molar-refractivity contribution < 1.29 is 5.11 Å². The highest BCUT2D eigenvalue weighted by Crippen LogP contribution is 2.27. The van der Waals surface area contributed by atoms with Crippen LogP contribution in [0.5, 0.6) is 5.75 Å². The third kappa shape index (κ3) is 4.60. The van der Waals surface area contributed by atoms with Crippen LogP contribution in [0.15, 0.2) is 41.5 Å². The third-order valence-corrected chi connectivity index (χ3v) is 5.74. The normalized spacial score (nSPS) is 12.0. The summed E-state index contributed by atoms with van der Waals surface area (Å²) in [6.07, 6.45) is 1.60. The molecule has 2 aromatic carbocycles. The van der Waals surface area contributed by atoms with Crippen molar-refractivity contribution in [3.8, 4) is 17.1 Å². The molecule has 8 heteroatoms. The van der Waals surface area contributed by atoms with E-state index in [1.54, 1.807) is 10.9 Å². The Hall–Kier alpha value is -1.27. The summed E-state index contributed by atoms with van der Waals surface area (Å²) in [7, 11) is 0. The number of nitrogens with one attached hydrogen (secondary N) is 1. The van der Waals surface area contributed by atoms with E-state index in [2.05, 4.69) is 93.4 Å². The molecule has 0 aliphatic heterocycles. The Kier molecular flexibility index (Phi) is 6.06. The zero-order valence-corrected chi connectivity index (χ0v) is 20.1. The van der Waals surface area contributed by atoms with Gasteiger partial charge in [0.25, 0.3) is 0 Å². The molecule has 5 nitrogen and oxygen atoms in total. The van der Waals surface area contributed by atoms with Crippen molar-refractivity contribution in [2.45, 2.75) is 26.2 Å². The van der Waals surface area contributed by atoms with Gasteiger partial charge in [-0.3, -0.25) is 0 Å². The van der Waals surface area contributed by atoms with E-state index >= 15 is 0 Å². The first-order valence-electron chi connectivity index (χ1n) is 8.17. The van der Waals surface area contributed by atoms with E-state index in [0.29, 0.717) is 16.2 Å². The Morgan fingerprint density at radius 1 is 1.19 bits per heavy atom. The number of hydrogen-bond donors (Lipinski definition) is 2. The molecule has 140 valence electrons. The lowest BCUT2D eigenvalue weighted by Gasteiger charge is -2.18. The lowest BCUT2D eigenvalue weighted by molar-refractivity contribution is 0.470. The van der Waals surface area contributed by atoms with Crippen LogP contribution in [0.4, 0.5) is 0 Å². The van der Waals surface area contributed by atoms with Crippen LogP contribution < -0.4 is 0 Å². The van der Waals surface area contributed by atoms with Gasteiger partial charge in [0.1, 0.15) is 5.75 Å². The molecular weight excluding hydrogens is 586 g/mol. The minimum atomic E-state index is 0.0839. The van der Waals surface area contributed by atoms with Crippen LogP contribution in [0.25, 0.3) is 11.4 Å². The first kappa shape index (κ1) is 20.5. The van der Waals surface area contributed by atoms with Gasteiger partial charge in [-0.15, -0.1) is 0 Å². The summed E-state index contributed by atoms with van der Waals surface area (Å²) in [5.41, 5.74) is 2.87. The van der Waals surface area contributed by atoms with Crippen molar-refractivity contribution in [1.29, 1.82) is 0 Å². The largest absolute Gasteiger partial charge is 0.506 e. The Morgan fingerprint density at radius 3 is 2.48 bits per heavy atom. The predicted octanol–water partition coefficient (Wildman–Crippen LogP) is 5.70. The van der Waals surface area contributed by atoms with Gasteiger partial charge in [0.2, 0.25) is 4.77 Å². The smallest absolute Gasteiger partial charge is 0.216 e. The summed E-state index contributed by atoms with van der Waals surface area (Å²) in [4.78, 5) is 0. The van der Waals surface area contributed by atoms with E-state index in [0.717, 1.165) is 12.7 Å². The maximum absolute atomic E-state index is 10.3. The number of aromatic hydroxyl groups is 1. The average molecular weight is 604 g/mol. The Morgan fingerprint density at radius 2 is 1.85 bits per heavy atom. The third-order valence-electron chi connectivity index (χ3n) is 4.03. The standard InChI is InChI=1S/C19H18I2N4OS/c1-19(2,3)13-6-4-11(5-7-13)17-23-24-18(27)25(17)22-10-12-8-14(20)9-15(21)16(12)26/h4-10,26H,1-3H3,(H,24,27)/b22-10+. The fourth-order valence-electron chi connectivity index (χ4n) is 2.51. The van der Waals surface area contributed by atoms with Crippen LogP contribution in [0.1, 0.15) is 31.9 Å². The number of hydrogen-bond acceptors (Lipinski definition) is 4. The Bertz CT molecular complexity index is 1060. The van der Waals surface area contributed by atoms with E-state index < -0.39 is 0 Å². The maximum Gasteiger partial charge on any atom is 0.216 e. The number of nitrogens with zero attached hydrogens (tertiary/aromatic N) is 3. The average Bonchev–Trinajstić information content (AvgIpc) is 2.97. The summed E-state index contributed by atoms with van der Waals surface area (Å²) in [6, 6.07) is 12.0. The van der Waals surface area contributed by atoms with Gasteiger partial charge in [-0.25, -0.2) is 5.10 Å². The van der Waals surface area contributed by atoms with Gasteiger partial charge in [-0.2, -0.15) is 14.9 Å². The van der Waals surface area contributed by atoms with E-state index in [1.165, 1.54) is 5.56 Å². The SMILES string of the molecule is CC(C)(C)c1ccc(-c2n[nH]c(=S)n2/N=C/c2cc(I)cc(I)c2O)cc1. The summed E-state index contributed by atoms with van der Waals surface area (Å²) in [5.74, 6) is 0.822. The lowest BCUT2D eigenvalue weighted by Crippen LogP contribution is -2.10. The molecule has 0 aliphatic rings. The zero-order valence-electron chi connectivity index (χ0n) is 15.0. The van der Waals surface area contributed by atoms with E-state index in [4.69, 9.17) is 12.2 Å². The molecule has 0 aliphatic carbocycles. The number of H-pyrrole nitrogens is 1. The highest BCUT2D eigenvalue weighted by Gasteiger charge is 2.15. The van der Waals surface area contributed by atoms with Crippen LogP contribution in [-0.4, -0.2) is 26.2 Å². The van der Waals surface area contributed by atoms with Crippen LogP contribution in [-0.2, 0) is 5.41 Å². The zero-order chi connectivity index (χ0) is 19.8. The number of aromatic nitrogens is 3. The molecule has 0 spiro atoms. The van der Waals surface area contributed by atoms with Crippen molar-refractivity contribution >= 4 is 63.6 Å². The fraction of sp³-hybridized carbons (Fsp3) is 0.211. The summed E-state index contributed by atoms with van der Waals surface area (Å²) in [6.45, 7) is 6.53. The number of aromatic amines is 1. The molecule has 1 heterocycles. The van der Waals surface area contributed by atoms with Crippen molar-refractivity contribution in [2.75, 3.05) is 0 Å². The number of phenolic OH excluding ortho intramolecular Hbond substituents is 1. The molecule has 0 bridgehead atoms. The van der Waals surface area contributed by atoms with Gasteiger partial charge in [0.05, 0.1) is 9.78 Å². The second kappa shape index (κ2) is 8.00. The molecule has 3 aromatic rings. The van der Waals surface area contributed by atoms with Gasteiger partial charge < -0.3 is 5.11 Å². The first-order chi connectivity index (χ1) is 12.7. The van der Waals surface area contributed by atoms with E-state index in [-0.39, 0.29) is 11.2 Å². The highest BCUT2D eigenvalue weighted by molar-refractivity contribution is 14.1. The molecule has 1 aromatic heterocycles. The minimum Gasteiger partial charge on any atom is -0.506 e.